The van der Waals surface area contributed by atoms with Crippen molar-refractivity contribution in [1.82, 2.24) is 0 Å². The number of rotatable bonds is 6. The zero-order valence-corrected chi connectivity index (χ0v) is 10.4. The second kappa shape index (κ2) is 5.79. The van der Waals surface area contributed by atoms with Gasteiger partial charge >= 0.3 is 0 Å². The number of sulfone groups is 1. The standard InChI is InChI=1S/C11H15NO4S/c1-16-6-7-17(14,15)10-4-2-9(3-5-10)8-11(12)13/h2-5H,6-8H2,1H3,(H2,12,13). The summed E-state index contributed by atoms with van der Waals surface area (Å²) in [5.74, 6) is -0.501. The maximum absolute atomic E-state index is 11.8. The predicted octanol–water partition coefficient (Wildman–Crippen LogP) is 0.135. The minimum Gasteiger partial charge on any atom is -0.384 e. The lowest BCUT2D eigenvalue weighted by molar-refractivity contribution is -0.117. The molecule has 1 rings (SSSR count). The summed E-state index contributed by atoms with van der Waals surface area (Å²) in [7, 11) is -1.86. The average molecular weight is 257 g/mol. The fraction of sp³-hybridized carbons (Fsp3) is 0.364. The Balaban J connectivity index is 2.83. The van der Waals surface area contributed by atoms with Crippen LogP contribution in [-0.2, 0) is 25.8 Å². The van der Waals surface area contributed by atoms with E-state index in [9.17, 15) is 13.2 Å². The van der Waals surface area contributed by atoms with E-state index in [4.69, 9.17) is 10.5 Å². The van der Waals surface area contributed by atoms with Gasteiger partial charge in [-0.1, -0.05) is 12.1 Å². The summed E-state index contributed by atoms with van der Waals surface area (Å²) in [4.78, 5) is 10.9. The number of carbonyl (C=O) groups is 1. The Bertz CT molecular complexity index is 479. The molecule has 1 aromatic carbocycles. The van der Waals surface area contributed by atoms with Crippen LogP contribution in [0.2, 0.25) is 0 Å². The van der Waals surface area contributed by atoms with Gasteiger partial charge in [0.2, 0.25) is 5.91 Å². The molecule has 94 valence electrons. The van der Waals surface area contributed by atoms with Gasteiger partial charge in [0.15, 0.2) is 9.84 Å². The van der Waals surface area contributed by atoms with Crippen molar-refractivity contribution in [1.29, 1.82) is 0 Å². The summed E-state index contributed by atoms with van der Waals surface area (Å²) in [6, 6.07) is 6.13. The zero-order valence-electron chi connectivity index (χ0n) is 9.55. The average Bonchev–Trinajstić information content (AvgIpc) is 2.26. The molecule has 0 aliphatic heterocycles. The van der Waals surface area contributed by atoms with Crippen molar-refractivity contribution < 1.29 is 17.9 Å². The Kier molecular flexibility index (Phi) is 4.65. The predicted molar refractivity (Wildman–Crippen MR) is 63.3 cm³/mol. The smallest absolute Gasteiger partial charge is 0.221 e. The zero-order chi connectivity index (χ0) is 12.9. The first-order valence-electron chi connectivity index (χ1n) is 5.04. The molecule has 0 aliphatic carbocycles. The topological polar surface area (TPSA) is 86.5 Å². The maximum atomic E-state index is 11.8. The largest absolute Gasteiger partial charge is 0.384 e. The molecule has 0 aromatic heterocycles. The Morgan fingerprint density at radius 1 is 1.29 bits per heavy atom. The van der Waals surface area contributed by atoms with E-state index in [1.165, 1.54) is 19.2 Å². The molecule has 0 radical (unpaired) electrons. The number of hydrogen-bond acceptors (Lipinski definition) is 4. The highest BCUT2D eigenvalue weighted by Crippen LogP contribution is 2.12. The van der Waals surface area contributed by atoms with Gasteiger partial charge in [-0.3, -0.25) is 4.79 Å². The van der Waals surface area contributed by atoms with Gasteiger partial charge in [-0.2, -0.15) is 0 Å². The lowest BCUT2D eigenvalue weighted by atomic mass is 10.1. The molecule has 0 saturated heterocycles. The summed E-state index contributed by atoms with van der Waals surface area (Å²) in [6.45, 7) is 0.158. The molecule has 0 unspecified atom stereocenters. The molecule has 6 heteroatoms. The number of benzene rings is 1. The van der Waals surface area contributed by atoms with Gasteiger partial charge in [0.05, 0.1) is 23.7 Å². The van der Waals surface area contributed by atoms with Crippen LogP contribution in [-0.4, -0.2) is 33.8 Å². The van der Waals surface area contributed by atoms with Crippen LogP contribution in [0.5, 0.6) is 0 Å². The molecule has 0 bridgehead atoms. The SMILES string of the molecule is COCCS(=O)(=O)c1ccc(CC(N)=O)cc1. The van der Waals surface area contributed by atoms with Crippen LogP contribution in [0.25, 0.3) is 0 Å². The molecule has 0 heterocycles. The first-order chi connectivity index (χ1) is 7.95. The van der Waals surface area contributed by atoms with Crippen LogP contribution in [0, 0.1) is 0 Å². The first-order valence-corrected chi connectivity index (χ1v) is 6.70. The molecule has 5 nitrogen and oxygen atoms in total. The second-order valence-electron chi connectivity index (χ2n) is 3.60. The molecular formula is C11H15NO4S. The van der Waals surface area contributed by atoms with Crippen molar-refractivity contribution in [3.8, 4) is 0 Å². The van der Waals surface area contributed by atoms with E-state index in [-0.39, 0.29) is 23.7 Å². The molecule has 0 aliphatic rings. The monoisotopic (exact) mass is 257 g/mol. The second-order valence-corrected chi connectivity index (χ2v) is 5.71. The fourth-order valence-corrected chi connectivity index (χ4v) is 2.50. The summed E-state index contributed by atoms with van der Waals surface area (Å²) >= 11 is 0. The highest BCUT2D eigenvalue weighted by Gasteiger charge is 2.13. The lowest BCUT2D eigenvalue weighted by Gasteiger charge is -2.04. The van der Waals surface area contributed by atoms with E-state index in [1.807, 2.05) is 0 Å². The Morgan fingerprint density at radius 3 is 2.35 bits per heavy atom. The molecule has 0 atom stereocenters. The highest BCUT2D eigenvalue weighted by molar-refractivity contribution is 7.91. The summed E-state index contributed by atoms with van der Waals surface area (Å²) in [5.41, 5.74) is 5.74. The lowest BCUT2D eigenvalue weighted by Crippen LogP contribution is -2.14. The third kappa shape index (κ3) is 4.16. The third-order valence-electron chi connectivity index (χ3n) is 2.22. The number of methoxy groups -OCH3 is 1. The van der Waals surface area contributed by atoms with Crippen molar-refractivity contribution in [3.63, 3.8) is 0 Å². The number of amides is 1. The van der Waals surface area contributed by atoms with E-state index in [1.54, 1.807) is 12.1 Å². The number of ether oxygens (including phenoxy) is 1. The van der Waals surface area contributed by atoms with Gasteiger partial charge in [0.25, 0.3) is 0 Å². The van der Waals surface area contributed by atoms with Crippen LogP contribution in [0.15, 0.2) is 29.2 Å². The quantitative estimate of drug-likeness (QED) is 0.785. The minimum absolute atomic E-state index is 0.0569. The van der Waals surface area contributed by atoms with Crippen molar-refractivity contribution in [2.24, 2.45) is 5.73 Å². The Labute approximate surface area is 100 Å². The van der Waals surface area contributed by atoms with Gasteiger partial charge in [-0.25, -0.2) is 8.42 Å². The van der Waals surface area contributed by atoms with Crippen LogP contribution in [0.4, 0.5) is 0 Å². The van der Waals surface area contributed by atoms with E-state index in [2.05, 4.69) is 0 Å². The Morgan fingerprint density at radius 2 is 1.88 bits per heavy atom. The van der Waals surface area contributed by atoms with Gasteiger partial charge in [0, 0.05) is 7.11 Å². The van der Waals surface area contributed by atoms with Crippen molar-refractivity contribution in [3.05, 3.63) is 29.8 Å². The van der Waals surface area contributed by atoms with Gasteiger partial charge < -0.3 is 10.5 Å². The van der Waals surface area contributed by atoms with Crippen LogP contribution in [0.3, 0.4) is 0 Å². The highest BCUT2D eigenvalue weighted by atomic mass is 32.2. The summed E-state index contributed by atoms with van der Waals surface area (Å²) in [5, 5.41) is 0. The number of hydrogen-bond donors (Lipinski definition) is 1. The van der Waals surface area contributed by atoms with Crippen LogP contribution in [0.1, 0.15) is 5.56 Å². The first kappa shape index (κ1) is 13.7. The molecule has 0 spiro atoms. The molecule has 1 aromatic rings. The van der Waals surface area contributed by atoms with Crippen LogP contribution < -0.4 is 5.73 Å². The van der Waals surface area contributed by atoms with Gasteiger partial charge in [0.1, 0.15) is 0 Å². The van der Waals surface area contributed by atoms with E-state index < -0.39 is 15.7 Å². The number of carbonyl (C=O) groups excluding carboxylic acids is 1. The van der Waals surface area contributed by atoms with Gasteiger partial charge in [-0.05, 0) is 17.7 Å². The normalized spacial score (nSPS) is 11.4. The molecule has 0 saturated carbocycles. The van der Waals surface area contributed by atoms with E-state index >= 15 is 0 Å². The fourth-order valence-electron chi connectivity index (χ4n) is 1.33. The van der Waals surface area contributed by atoms with Crippen molar-refractivity contribution in [2.45, 2.75) is 11.3 Å². The van der Waals surface area contributed by atoms with E-state index in [0.717, 1.165) is 0 Å². The minimum atomic E-state index is -3.31. The molecule has 17 heavy (non-hydrogen) atoms. The summed E-state index contributed by atoms with van der Waals surface area (Å²) in [6.07, 6.45) is 0.110. The molecule has 0 fully saturated rings. The third-order valence-corrected chi connectivity index (χ3v) is 3.91. The van der Waals surface area contributed by atoms with Gasteiger partial charge in [-0.15, -0.1) is 0 Å². The van der Waals surface area contributed by atoms with Crippen molar-refractivity contribution in [2.75, 3.05) is 19.5 Å². The number of nitrogens with two attached hydrogens (primary N) is 1. The number of primary amides is 1. The van der Waals surface area contributed by atoms with Crippen molar-refractivity contribution >= 4 is 15.7 Å². The maximum Gasteiger partial charge on any atom is 0.221 e. The van der Waals surface area contributed by atoms with Crippen LogP contribution >= 0.6 is 0 Å². The molecular weight excluding hydrogens is 242 g/mol. The Hall–Kier alpha value is -1.40. The van der Waals surface area contributed by atoms with E-state index in [0.29, 0.717) is 5.56 Å². The molecule has 1 amide bonds. The summed E-state index contributed by atoms with van der Waals surface area (Å²) < 4.78 is 28.2. The molecule has 2 N–H and O–H groups in total.